The van der Waals surface area contributed by atoms with Gasteiger partial charge in [-0.2, -0.15) is 18.4 Å². The van der Waals surface area contributed by atoms with Crippen LogP contribution in [0.3, 0.4) is 0 Å². The highest BCUT2D eigenvalue weighted by Crippen LogP contribution is 2.34. The molecular formula is C20H13BrClF3N2O2. The van der Waals surface area contributed by atoms with Crippen molar-refractivity contribution in [2.45, 2.75) is 6.18 Å². The molecule has 4 nitrogen and oxygen atoms in total. The van der Waals surface area contributed by atoms with Crippen molar-refractivity contribution in [3.05, 3.63) is 75.2 Å². The molecule has 0 aliphatic rings. The fourth-order valence-corrected chi connectivity index (χ4v) is 2.75. The van der Waals surface area contributed by atoms with E-state index in [1.165, 1.54) is 12.2 Å². The number of alkyl halides is 3. The summed E-state index contributed by atoms with van der Waals surface area (Å²) in [6, 6.07) is 9.22. The minimum Gasteiger partial charge on any atom is -0.489 e. The third kappa shape index (κ3) is 6.11. The van der Waals surface area contributed by atoms with Crippen LogP contribution in [-0.4, -0.2) is 12.5 Å². The fraction of sp³-hybridized carbons (Fsp3) is 0.100. The second-order valence-corrected chi connectivity index (χ2v) is 6.92. The van der Waals surface area contributed by atoms with Gasteiger partial charge in [0.05, 0.1) is 16.3 Å². The van der Waals surface area contributed by atoms with Gasteiger partial charge in [0.15, 0.2) is 0 Å². The number of hydrogen-bond donors (Lipinski definition) is 1. The molecule has 0 heterocycles. The molecule has 0 aromatic heterocycles. The maximum atomic E-state index is 12.9. The molecule has 1 amide bonds. The Kier molecular flexibility index (Phi) is 7.48. The standard InChI is InChI=1S/C20H13BrClF3N2O2/c1-2-7-29-18-6-4-15(21)9-12(18)8-13(11-26)19(28)27-17-10-14(20(23,24)25)3-5-16(17)22/h2-6,8-10H,1,7H2,(H,27,28)/b13-8+. The van der Waals surface area contributed by atoms with E-state index in [0.717, 1.165) is 12.1 Å². The first-order valence-electron chi connectivity index (χ1n) is 7.99. The van der Waals surface area contributed by atoms with E-state index in [1.54, 1.807) is 24.3 Å². The van der Waals surface area contributed by atoms with E-state index in [4.69, 9.17) is 16.3 Å². The first kappa shape index (κ1) is 22.5. The zero-order valence-corrected chi connectivity index (χ0v) is 17.0. The molecular weight excluding hydrogens is 473 g/mol. The van der Waals surface area contributed by atoms with Gasteiger partial charge in [-0.05, 0) is 42.5 Å². The van der Waals surface area contributed by atoms with Crippen molar-refractivity contribution in [1.29, 1.82) is 5.26 Å². The number of nitrogens with one attached hydrogen (secondary N) is 1. The van der Waals surface area contributed by atoms with E-state index in [-0.39, 0.29) is 22.9 Å². The number of anilines is 1. The van der Waals surface area contributed by atoms with Crippen molar-refractivity contribution in [3.63, 3.8) is 0 Å². The van der Waals surface area contributed by atoms with Crippen LogP contribution < -0.4 is 10.1 Å². The van der Waals surface area contributed by atoms with Crippen molar-refractivity contribution in [2.75, 3.05) is 11.9 Å². The number of nitriles is 1. The number of carbonyl (C=O) groups is 1. The van der Waals surface area contributed by atoms with Gasteiger partial charge in [-0.1, -0.05) is 40.2 Å². The maximum Gasteiger partial charge on any atom is 0.416 e. The predicted octanol–water partition coefficient (Wildman–Crippen LogP) is 6.23. The lowest BCUT2D eigenvalue weighted by atomic mass is 10.1. The van der Waals surface area contributed by atoms with E-state index in [1.807, 2.05) is 0 Å². The van der Waals surface area contributed by atoms with Gasteiger partial charge in [-0.3, -0.25) is 4.79 Å². The molecule has 0 saturated carbocycles. The zero-order valence-electron chi connectivity index (χ0n) is 14.7. The van der Waals surface area contributed by atoms with Crippen LogP contribution in [0.15, 0.2) is 59.1 Å². The predicted molar refractivity (Wildman–Crippen MR) is 109 cm³/mol. The summed E-state index contributed by atoms with van der Waals surface area (Å²) in [5.74, 6) is -0.519. The normalized spacial score (nSPS) is 11.5. The molecule has 0 aliphatic carbocycles. The molecule has 1 N–H and O–H groups in total. The summed E-state index contributed by atoms with van der Waals surface area (Å²) in [7, 11) is 0. The van der Waals surface area contributed by atoms with E-state index < -0.39 is 17.6 Å². The summed E-state index contributed by atoms with van der Waals surface area (Å²) in [6.45, 7) is 3.75. The van der Waals surface area contributed by atoms with Crippen LogP contribution >= 0.6 is 27.5 Å². The second kappa shape index (κ2) is 9.63. The molecule has 2 aromatic carbocycles. The summed E-state index contributed by atoms with van der Waals surface area (Å²) < 4.78 is 44.8. The van der Waals surface area contributed by atoms with Crippen molar-refractivity contribution in [2.24, 2.45) is 0 Å². The summed E-state index contributed by atoms with van der Waals surface area (Å²) in [6.07, 6.45) is -1.81. The quantitative estimate of drug-likeness (QED) is 0.300. The topological polar surface area (TPSA) is 62.1 Å². The number of rotatable bonds is 6. The lowest BCUT2D eigenvalue weighted by Crippen LogP contribution is -2.15. The number of nitrogens with zero attached hydrogens (tertiary/aromatic N) is 1. The Bertz CT molecular complexity index is 1010. The molecule has 0 atom stereocenters. The summed E-state index contributed by atoms with van der Waals surface area (Å²) >= 11 is 9.17. The monoisotopic (exact) mass is 484 g/mol. The Hall–Kier alpha value is -2.76. The number of benzene rings is 2. The molecule has 9 heteroatoms. The molecule has 0 fully saturated rings. The van der Waals surface area contributed by atoms with Gasteiger partial charge >= 0.3 is 6.18 Å². The van der Waals surface area contributed by atoms with Crippen LogP contribution in [0.2, 0.25) is 5.02 Å². The Labute approximate surface area is 178 Å². The summed E-state index contributed by atoms with van der Waals surface area (Å²) in [5.41, 5.74) is -1.17. The van der Waals surface area contributed by atoms with Crippen LogP contribution in [0.4, 0.5) is 18.9 Å². The lowest BCUT2D eigenvalue weighted by Gasteiger charge is -2.12. The minimum absolute atomic E-state index is 0.0962. The highest BCUT2D eigenvalue weighted by atomic mass is 79.9. The number of carbonyl (C=O) groups excluding carboxylic acids is 1. The molecule has 0 unspecified atom stereocenters. The molecule has 0 saturated heterocycles. The number of ether oxygens (including phenoxy) is 1. The molecule has 2 rings (SSSR count). The van der Waals surface area contributed by atoms with Crippen molar-refractivity contribution >= 4 is 45.2 Å². The Morgan fingerprint density at radius 3 is 2.66 bits per heavy atom. The van der Waals surface area contributed by atoms with E-state index in [0.29, 0.717) is 21.9 Å². The SMILES string of the molecule is C=CCOc1ccc(Br)cc1/C=C(\C#N)C(=O)Nc1cc(C(F)(F)F)ccc1Cl. The lowest BCUT2D eigenvalue weighted by molar-refractivity contribution is -0.137. The smallest absolute Gasteiger partial charge is 0.416 e. The number of hydrogen-bond acceptors (Lipinski definition) is 3. The van der Waals surface area contributed by atoms with E-state index >= 15 is 0 Å². The Morgan fingerprint density at radius 2 is 2.03 bits per heavy atom. The average molecular weight is 486 g/mol. The second-order valence-electron chi connectivity index (χ2n) is 5.60. The molecule has 29 heavy (non-hydrogen) atoms. The third-order valence-electron chi connectivity index (χ3n) is 3.54. The third-order valence-corrected chi connectivity index (χ3v) is 4.36. The molecule has 0 spiro atoms. The van der Waals surface area contributed by atoms with Crippen LogP contribution in [0.1, 0.15) is 11.1 Å². The number of halogens is 5. The van der Waals surface area contributed by atoms with Gasteiger partial charge in [-0.25, -0.2) is 0 Å². The molecule has 0 bridgehead atoms. The van der Waals surface area contributed by atoms with Crippen LogP contribution in [-0.2, 0) is 11.0 Å². The molecule has 0 aliphatic heterocycles. The van der Waals surface area contributed by atoms with Crippen molar-refractivity contribution in [3.8, 4) is 11.8 Å². The Morgan fingerprint density at radius 1 is 1.31 bits per heavy atom. The largest absolute Gasteiger partial charge is 0.489 e. The molecule has 0 radical (unpaired) electrons. The van der Waals surface area contributed by atoms with Crippen LogP contribution in [0.5, 0.6) is 5.75 Å². The van der Waals surface area contributed by atoms with Gasteiger partial charge in [0.25, 0.3) is 5.91 Å². The van der Waals surface area contributed by atoms with E-state index in [9.17, 15) is 23.2 Å². The minimum atomic E-state index is -4.61. The van der Waals surface area contributed by atoms with E-state index in [2.05, 4.69) is 27.8 Å². The molecule has 2 aromatic rings. The number of amides is 1. The van der Waals surface area contributed by atoms with Crippen molar-refractivity contribution < 1.29 is 22.7 Å². The van der Waals surface area contributed by atoms with Gasteiger partial charge < -0.3 is 10.1 Å². The van der Waals surface area contributed by atoms with Crippen LogP contribution in [0, 0.1) is 11.3 Å². The van der Waals surface area contributed by atoms with Crippen molar-refractivity contribution in [1.82, 2.24) is 0 Å². The first-order chi connectivity index (χ1) is 13.7. The summed E-state index contributed by atoms with van der Waals surface area (Å²) in [5, 5.41) is 11.5. The fourth-order valence-electron chi connectivity index (χ4n) is 2.20. The Balaban J connectivity index is 2.36. The van der Waals surface area contributed by atoms with Gasteiger partial charge in [0.2, 0.25) is 0 Å². The van der Waals surface area contributed by atoms with Gasteiger partial charge in [0.1, 0.15) is 24.0 Å². The highest BCUT2D eigenvalue weighted by Gasteiger charge is 2.31. The molecule has 150 valence electrons. The average Bonchev–Trinajstić information content (AvgIpc) is 2.66. The van der Waals surface area contributed by atoms with Gasteiger partial charge in [-0.15, -0.1) is 0 Å². The maximum absolute atomic E-state index is 12.9. The zero-order chi connectivity index (χ0) is 21.6. The summed E-state index contributed by atoms with van der Waals surface area (Å²) in [4.78, 5) is 12.5. The van der Waals surface area contributed by atoms with Crippen LogP contribution in [0.25, 0.3) is 6.08 Å². The first-order valence-corrected chi connectivity index (χ1v) is 9.16. The highest BCUT2D eigenvalue weighted by molar-refractivity contribution is 9.10. The van der Waals surface area contributed by atoms with Gasteiger partial charge in [0, 0.05) is 10.0 Å².